The lowest BCUT2D eigenvalue weighted by atomic mass is 9.94. The van der Waals surface area contributed by atoms with Crippen LogP contribution in [0.1, 0.15) is 66.9 Å². The zero-order chi connectivity index (χ0) is 28.3. The highest BCUT2D eigenvalue weighted by Crippen LogP contribution is 2.35. The first-order chi connectivity index (χ1) is 19.3. The SMILES string of the molecule is CCc1cn(C)c2c(N3CCCS3(=O)=O)cc(C(=O)N[C@@H](Cc3ccccc3)[C@H](O)CNC3CCCCC3)cc12. The number of carbonyl (C=O) groups is 1. The number of amides is 1. The molecule has 8 nitrogen and oxygen atoms in total. The summed E-state index contributed by atoms with van der Waals surface area (Å²) in [6.45, 7) is 2.86. The van der Waals surface area contributed by atoms with Gasteiger partial charge in [0.05, 0.1) is 29.1 Å². The first-order valence-electron chi connectivity index (χ1n) is 14.7. The van der Waals surface area contributed by atoms with Gasteiger partial charge in [0.1, 0.15) is 0 Å². The van der Waals surface area contributed by atoms with E-state index < -0.39 is 22.2 Å². The number of sulfonamides is 1. The molecule has 1 aromatic heterocycles. The van der Waals surface area contributed by atoms with Gasteiger partial charge in [-0.2, -0.15) is 0 Å². The molecule has 2 aliphatic rings. The van der Waals surface area contributed by atoms with Gasteiger partial charge in [-0.15, -0.1) is 0 Å². The van der Waals surface area contributed by atoms with E-state index in [1.165, 1.54) is 23.6 Å². The van der Waals surface area contributed by atoms with E-state index in [1.807, 2.05) is 54.2 Å². The Kier molecular flexibility index (Phi) is 8.83. The maximum atomic E-state index is 13.8. The summed E-state index contributed by atoms with van der Waals surface area (Å²) in [4.78, 5) is 13.8. The van der Waals surface area contributed by atoms with Gasteiger partial charge in [-0.3, -0.25) is 9.10 Å². The molecule has 2 heterocycles. The predicted molar refractivity (Wildman–Crippen MR) is 160 cm³/mol. The molecular weight excluding hydrogens is 524 g/mol. The molecule has 2 aromatic carbocycles. The number of aliphatic hydroxyl groups is 1. The summed E-state index contributed by atoms with van der Waals surface area (Å²) in [7, 11) is -1.53. The summed E-state index contributed by atoms with van der Waals surface area (Å²) in [5.74, 6) is -0.210. The van der Waals surface area contributed by atoms with Crippen LogP contribution in [0.3, 0.4) is 0 Å². The number of nitrogens with one attached hydrogen (secondary N) is 2. The number of anilines is 1. The number of aliphatic hydroxyl groups excluding tert-OH is 1. The highest BCUT2D eigenvalue weighted by molar-refractivity contribution is 7.93. The first kappa shape index (κ1) is 28.6. The van der Waals surface area contributed by atoms with Gasteiger partial charge in [0.2, 0.25) is 10.0 Å². The molecule has 2 fully saturated rings. The van der Waals surface area contributed by atoms with E-state index in [4.69, 9.17) is 0 Å². The normalized spacial score (nSPS) is 19.1. The Bertz CT molecular complexity index is 1430. The predicted octanol–water partition coefficient (Wildman–Crippen LogP) is 3.90. The first-order valence-corrected chi connectivity index (χ1v) is 16.3. The minimum absolute atomic E-state index is 0.106. The van der Waals surface area contributed by atoms with Gasteiger partial charge in [-0.05, 0) is 55.4 Å². The van der Waals surface area contributed by atoms with Crippen molar-refractivity contribution in [3.63, 3.8) is 0 Å². The third kappa shape index (κ3) is 6.21. The van der Waals surface area contributed by atoms with E-state index in [0.29, 0.717) is 43.2 Å². The van der Waals surface area contributed by atoms with Crippen LogP contribution in [0.15, 0.2) is 48.7 Å². The van der Waals surface area contributed by atoms with Crippen molar-refractivity contribution in [2.75, 3.05) is 23.1 Å². The van der Waals surface area contributed by atoms with Gasteiger partial charge in [0.25, 0.3) is 5.91 Å². The maximum absolute atomic E-state index is 13.8. The van der Waals surface area contributed by atoms with E-state index in [-0.39, 0.29) is 11.7 Å². The Labute approximate surface area is 237 Å². The number of carbonyl (C=O) groups excluding carboxylic acids is 1. The van der Waals surface area contributed by atoms with E-state index in [1.54, 1.807) is 6.07 Å². The monoisotopic (exact) mass is 566 g/mol. The van der Waals surface area contributed by atoms with Crippen LogP contribution in [0.4, 0.5) is 5.69 Å². The molecule has 0 bridgehead atoms. The van der Waals surface area contributed by atoms with E-state index in [2.05, 4.69) is 17.6 Å². The van der Waals surface area contributed by atoms with Gasteiger partial charge in [-0.1, -0.05) is 56.5 Å². The molecule has 1 amide bonds. The van der Waals surface area contributed by atoms with Crippen molar-refractivity contribution in [1.29, 1.82) is 0 Å². The van der Waals surface area contributed by atoms with Gasteiger partial charge >= 0.3 is 0 Å². The van der Waals surface area contributed by atoms with Crippen LogP contribution in [0, 0.1) is 0 Å². The quantitative estimate of drug-likeness (QED) is 0.345. The van der Waals surface area contributed by atoms with Gasteiger partial charge in [0.15, 0.2) is 0 Å². The van der Waals surface area contributed by atoms with Crippen molar-refractivity contribution in [3.05, 3.63) is 65.4 Å². The Morgan fingerprint density at radius 1 is 1.10 bits per heavy atom. The van der Waals surface area contributed by atoms with Crippen LogP contribution < -0.4 is 14.9 Å². The molecule has 2 atom stereocenters. The van der Waals surface area contributed by atoms with Crippen LogP contribution in [-0.2, 0) is 29.9 Å². The molecule has 1 aliphatic carbocycles. The summed E-state index contributed by atoms with van der Waals surface area (Å²) in [5, 5.41) is 18.8. The average molecular weight is 567 g/mol. The standard InChI is InChI=1S/C31H42N4O4S/c1-3-23-21-34(2)30-26(23)18-24(19-28(30)35-15-10-16-40(35,38)39)31(37)33-27(17-22-11-6-4-7-12-22)29(36)20-32-25-13-8-5-9-14-25/h4,6-7,11-12,18-19,21,25,27,29,32,36H,3,5,8-10,13-17,20H2,1-2H3,(H,33,37)/t27-,29+/m0/s1. The minimum Gasteiger partial charge on any atom is -0.390 e. The highest BCUT2D eigenvalue weighted by atomic mass is 32.2. The number of rotatable bonds is 10. The van der Waals surface area contributed by atoms with E-state index in [9.17, 15) is 18.3 Å². The highest BCUT2D eigenvalue weighted by Gasteiger charge is 2.32. The van der Waals surface area contributed by atoms with E-state index in [0.717, 1.165) is 41.3 Å². The van der Waals surface area contributed by atoms with Crippen molar-refractivity contribution in [3.8, 4) is 0 Å². The number of fused-ring (bicyclic) bond motifs is 1. The molecule has 1 aliphatic heterocycles. The molecule has 0 spiro atoms. The molecule has 3 aromatic rings. The number of aryl methyl sites for hydroxylation is 2. The average Bonchev–Trinajstić information content (AvgIpc) is 3.49. The van der Waals surface area contributed by atoms with Gasteiger partial charge < -0.3 is 20.3 Å². The topological polar surface area (TPSA) is 104 Å². The fourth-order valence-corrected chi connectivity index (χ4v) is 7.82. The molecule has 9 heteroatoms. The molecule has 1 saturated carbocycles. The summed E-state index contributed by atoms with van der Waals surface area (Å²) in [5.41, 5.74) is 3.84. The Morgan fingerprint density at radius 3 is 2.52 bits per heavy atom. The number of hydrogen-bond donors (Lipinski definition) is 3. The number of benzene rings is 2. The molecule has 0 radical (unpaired) electrons. The smallest absolute Gasteiger partial charge is 0.251 e. The number of nitrogens with zero attached hydrogens (tertiary/aromatic N) is 2. The largest absolute Gasteiger partial charge is 0.390 e. The van der Waals surface area contributed by atoms with Gasteiger partial charge in [0, 0.05) is 43.3 Å². The lowest BCUT2D eigenvalue weighted by molar-refractivity contribution is 0.0821. The second kappa shape index (κ2) is 12.3. The molecule has 3 N–H and O–H groups in total. The van der Waals surface area contributed by atoms with Crippen molar-refractivity contribution in [2.45, 2.75) is 76.5 Å². The summed E-state index contributed by atoms with van der Waals surface area (Å²) in [6.07, 6.45) is 8.93. The lowest BCUT2D eigenvalue weighted by Gasteiger charge is -2.28. The van der Waals surface area contributed by atoms with E-state index >= 15 is 0 Å². The van der Waals surface area contributed by atoms with Crippen LogP contribution >= 0.6 is 0 Å². The lowest BCUT2D eigenvalue weighted by Crippen LogP contribution is -2.50. The molecule has 5 rings (SSSR count). The molecule has 1 saturated heterocycles. The Morgan fingerprint density at radius 2 is 1.85 bits per heavy atom. The second-order valence-electron chi connectivity index (χ2n) is 11.3. The second-order valence-corrected chi connectivity index (χ2v) is 13.3. The summed E-state index contributed by atoms with van der Waals surface area (Å²) >= 11 is 0. The van der Waals surface area contributed by atoms with Crippen molar-refractivity contribution < 1.29 is 18.3 Å². The summed E-state index contributed by atoms with van der Waals surface area (Å²) < 4.78 is 29.3. The molecule has 216 valence electrons. The van der Waals surface area contributed by atoms with Crippen molar-refractivity contribution in [2.24, 2.45) is 7.05 Å². The number of hydrogen-bond acceptors (Lipinski definition) is 5. The van der Waals surface area contributed by atoms with Crippen LogP contribution in [0.5, 0.6) is 0 Å². The van der Waals surface area contributed by atoms with Crippen LogP contribution in [0.25, 0.3) is 10.9 Å². The molecule has 40 heavy (non-hydrogen) atoms. The van der Waals surface area contributed by atoms with Crippen molar-refractivity contribution in [1.82, 2.24) is 15.2 Å². The Balaban J connectivity index is 1.45. The zero-order valence-corrected chi connectivity index (χ0v) is 24.4. The molecular formula is C31H42N4O4S. The third-order valence-electron chi connectivity index (χ3n) is 8.45. The molecule has 0 unspecified atom stereocenters. The fraction of sp³-hybridized carbons (Fsp3) is 0.516. The van der Waals surface area contributed by atoms with Gasteiger partial charge in [-0.25, -0.2) is 8.42 Å². The summed E-state index contributed by atoms with van der Waals surface area (Å²) in [6, 6.07) is 13.3. The van der Waals surface area contributed by atoms with Crippen LogP contribution in [0.2, 0.25) is 0 Å². The Hall–Kier alpha value is -2.88. The van der Waals surface area contributed by atoms with Crippen molar-refractivity contribution >= 4 is 32.5 Å². The fourth-order valence-electron chi connectivity index (χ4n) is 6.25. The zero-order valence-electron chi connectivity index (χ0n) is 23.6. The van der Waals surface area contributed by atoms with Crippen LogP contribution in [-0.4, -0.2) is 61.0 Å². The minimum atomic E-state index is -3.44. The third-order valence-corrected chi connectivity index (χ3v) is 10.3. The maximum Gasteiger partial charge on any atom is 0.251 e. The number of aromatic nitrogens is 1.